The molecule has 0 radical (unpaired) electrons. The molecule has 120 valence electrons. The zero-order valence-electron chi connectivity index (χ0n) is 11.8. The van der Waals surface area contributed by atoms with E-state index in [-0.39, 0.29) is 34.4 Å². The Kier molecular flexibility index (Phi) is 7.11. The average molecular weight is 357 g/mol. The fourth-order valence-corrected chi connectivity index (χ4v) is 3.34. The lowest BCUT2D eigenvalue weighted by Gasteiger charge is -2.24. The molecule has 1 rings (SSSR count). The number of hydrogen-bond acceptors (Lipinski definition) is 5. The van der Waals surface area contributed by atoms with Gasteiger partial charge in [0.25, 0.3) is 0 Å². The van der Waals surface area contributed by atoms with Crippen LogP contribution in [0, 0.1) is 0 Å². The van der Waals surface area contributed by atoms with Gasteiger partial charge >= 0.3 is 5.97 Å². The molecular weight excluding hydrogens is 339 g/mol. The zero-order valence-corrected chi connectivity index (χ0v) is 14.2. The number of nitrogens with two attached hydrogens (primary N) is 1. The summed E-state index contributed by atoms with van der Waals surface area (Å²) in [5, 5.41) is 0.198. The van der Waals surface area contributed by atoms with E-state index in [0.717, 1.165) is 0 Å². The number of benzene rings is 1. The molecule has 0 fully saturated rings. The highest BCUT2D eigenvalue weighted by molar-refractivity contribution is 7.89. The minimum Gasteiger partial charge on any atom is -0.465 e. The predicted molar refractivity (Wildman–Crippen MR) is 83.5 cm³/mol. The molecule has 9 heteroatoms. The highest BCUT2D eigenvalue weighted by atomic mass is 35.5. The summed E-state index contributed by atoms with van der Waals surface area (Å²) >= 11 is 5.81. The fourth-order valence-electron chi connectivity index (χ4n) is 1.46. The van der Waals surface area contributed by atoms with Gasteiger partial charge in [-0.05, 0) is 32.0 Å². The number of hydrogen-bond donors (Lipinski definition) is 2. The molecule has 1 aromatic rings. The first-order valence-corrected chi connectivity index (χ1v) is 7.61. The molecule has 0 saturated carbocycles. The molecule has 3 N–H and O–H groups in total. The van der Waals surface area contributed by atoms with Crippen molar-refractivity contribution in [2.45, 2.75) is 24.3 Å². The van der Waals surface area contributed by atoms with E-state index in [1.165, 1.54) is 25.3 Å². The molecule has 0 spiro atoms. The molecule has 1 aromatic carbocycles. The monoisotopic (exact) mass is 356 g/mol. The number of ether oxygens (including phenoxy) is 1. The van der Waals surface area contributed by atoms with Crippen LogP contribution in [0.1, 0.15) is 24.2 Å². The molecule has 0 unspecified atom stereocenters. The van der Waals surface area contributed by atoms with Crippen LogP contribution in [0.3, 0.4) is 0 Å². The first-order chi connectivity index (χ1) is 9.13. The fraction of sp³-hybridized carbons (Fsp3) is 0.417. The van der Waals surface area contributed by atoms with E-state index in [4.69, 9.17) is 17.3 Å². The molecule has 0 aliphatic rings. The number of carbonyl (C=O) groups excluding carboxylic acids is 1. The smallest absolute Gasteiger partial charge is 0.339 e. The van der Waals surface area contributed by atoms with Crippen LogP contribution < -0.4 is 10.5 Å². The van der Waals surface area contributed by atoms with Gasteiger partial charge in [-0.15, -0.1) is 12.4 Å². The second kappa shape index (κ2) is 7.42. The Bertz CT molecular complexity index is 618. The molecule has 0 heterocycles. The third-order valence-electron chi connectivity index (χ3n) is 2.56. The number of methoxy groups -OCH3 is 1. The summed E-state index contributed by atoms with van der Waals surface area (Å²) in [7, 11) is -2.78. The maximum Gasteiger partial charge on any atom is 0.339 e. The van der Waals surface area contributed by atoms with Crippen LogP contribution in [0.5, 0.6) is 0 Å². The van der Waals surface area contributed by atoms with Crippen molar-refractivity contribution in [2.24, 2.45) is 5.73 Å². The van der Waals surface area contributed by atoms with E-state index in [2.05, 4.69) is 9.46 Å². The van der Waals surface area contributed by atoms with Crippen LogP contribution in [-0.4, -0.2) is 33.6 Å². The molecule has 0 atom stereocenters. The lowest BCUT2D eigenvalue weighted by molar-refractivity contribution is 0.0596. The van der Waals surface area contributed by atoms with E-state index < -0.39 is 21.5 Å². The summed E-state index contributed by atoms with van der Waals surface area (Å²) in [6, 6.07) is 3.92. The lowest BCUT2D eigenvalue weighted by Crippen LogP contribution is -2.48. The maximum atomic E-state index is 12.4. The van der Waals surface area contributed by atoms with Crippen LogP contribution in [0.4, 0.5) is 0 Å². The van der Waals surface area contributed by atoms with Crippen LogP contribution >= 0.6 is 24.0 Å². The average Bonchev–Trinajstić information content (AvgIpc) is 2.36. The Labute approximate surface area is 135 Å². The number of sulfonamides is 1. The van der Waals surface area contributed by atoms with E-state index in [9.17, 15) is 13.2 Å². The van der Waals surface area contributed by atoms with Crippen LogP contribution in [-0.2, 0) is 14.8 Å². The minimum atomic E-state index is -3.95. The van der Waals surface area contributed by atoms with Gasteiger partial charge < -0.3 is 10.5 Å². The summed E-state index contributed by atoms with van der Waals surface area (Å²) < 4.78 is 31.7. The van der Waals surface area contributed by atoms with Gasteiger partial charge in [0.05, 0.1) is 17.6 Å². The summed E-state index contributed by atoms with van der Waals surface area (Å²) in [5.74, 6) is -0.757. The molecule has 0 aliphatic carbocycles. The van der Waals surface area contributed by atoms with Crippen LogP contribution in [0.15, 0.2) is 23.1 Å². The molecular formula is C12H18Cl2N2O4S. The highest BCUT2D eigenvalue weighted by Crippen LogP contribution is 2.22. The van der Waals surface area contributed by atoms with Crippen LogP contribution in [0.25, 0.3) is 0 Å². The lowest BCUT2D eigenvalue weighted by atomic mass is 10.1. The van der Waals surface area contributed by atoms with E-state index >= 15 is 0 Å². The Balaban J connectivity index is 0.00000400. The van der Waals surface area contributed by atoms with Gasteiger partial charge in [0, 0.05) is 17.1 Å². The van der Waals surface area contributed by atoms with Crippen molar-refractivity contribution >= 4 is 40.0 Å². The second-order valence-electron chi connectivity index (χ2n) is 4.83. The van der Waals surface area contributed by atoms with Gasteiger partial charge in [-0.25, -0.2) is 17.9 Å². The first-order valence-electron chi connectivity index (χ1n) is 5.75. The van der Waals surface area contributed by atoms with Crippen molar-refractivity contribution in [2.75, 3.05) is 13.7 Å². The Morgan fingerprint density at radius 2 is 2.00 bits per heavy atom. The van der Waals surface area contributed by atoms with Crippen molar-refractivity contribution in [3.63, 3.8) is 0 Å². The molecule has 0 bridgehead atoms. The molecule has 0 amide bonds. The van der Waals surface area contributed by atoms with Crippen molar-refractivity contribution in [1.82, 2.24) is 4.72 Å². The standard InChI is InChI=1S/C12H17ClN2O4S.ClH/c1-12(2,7-14)15-20(17,18)10-6-8(13)4-5-9(10)11(16)19-3;/h4-6,15H,7,14H2,1-3H3;1H. The zero-order chi connectivity index (χ0) is 15.6. The van der Waals surface area contributed by atoms with Gasteiger partial charge in [-0.1, -0.05) is 11.6 Å². The molecule has 0 saturated heterocycles. The van der Waals surface area contributed by atoms with Crippen molar-refractivity contribution in [3.8, 4) is 0 Å². The van der Waals surface area contributed by atoms with Gasteiger partial charge in [-0.2, -0.15) is 0 Å². The summed E-state index contributed by atoms with van der Waals surface area (Å²) in [6.45, 7) is 3.36. The van der Waals surface area contributed by atoms with E-state index in [1.54, 1.807) is 13.8 Å². The van der Waals surface area contributed by atoms with Gasteiger partial charge in [0.2, 0.25) is 10.0 Å². The predicted octanol–water partition coefficient (Wildman–Crippen LogP) is 1.56. The normalized spacial score (nSPS) is 11.7. The van der Waals surface area contributed by atoms with Crippen molar-refractivity contribution < 1.29 is 17.9 Å². The number of rotatable bonds is 5. The van der Waals surface area contributed by atoms with E-state index in [1.807, 2.05) is 0 Å². The van der Waals surface area contributed by atoms with E-state index in [0.29, 0.717) is 0 Å². The third-order valence-corrected chi connectivity index (χ3v) is 4.53. The summed E-state index contributed by atoms with van der Waals surface area (Å²) in [4.78, 5) is 11.4. The first kappa shape index (κ1) is 20.1. The Hall–Kier alpha value is -0.860. The third kappa shape index (κ3) is 5.12. The maximum absolute atomic E-state index is 12.4. The molecule has 6 nitrogen and oxygen atoms in total. The van der Waals surface area contributed by atoms with Crippen molar-refractivity contribution in [3.05, 3.63) is 28.8 Å². The van der Waals surface area contributed by atoms with Crippen molar-refractivity contribution in [1.29, 1.82) is 0 Å². The number of carbonyl (C=O) groups is 1. The quantitative estimate of drug-likeness (QED) is 0.780. The Morgan fingerprint density at radius 3 is 2.48 bits per heavy atom. The van der Waals surface area contributed by atoms with Gasteiger partial charge in [0.15, 0.2) is 0 Å². The van der Waals surface area contributed by atoms with Crippen LogP contribution in [0.2, 0.25) is 5.02 Å². The number of halogens is 2. The largest absolute Gasteiger partial charge is 0.465 e. The van der Waals surface area contributed by atoms with Gasteiger partial charge in [-0.3, -0.25) is 0 Å². The Morgan fingerprint density at radius 1 is 1.43 bits per heavy atom. The summed E-state index contributed by atoms with van der Waals surface area (Å²) in [6.07, 6.45) is 0. The number of esters is 1. The summed E-state index contributed by atoms with van der Waals surface area (Å²) in [5.41, 5.74) is 4.56. The molecule has 21 heavy (non-hydrogen) atoms. The molecule has 0 aliphatic heterocycles. The molecule has 0 aromatic heterocycles. The topological polar surface area (TPSA) is 98.5 Å². The minimum absolute atomic E-state index is 0. The highest BCUT2D eigenvalue weighted by Gasteiger charge is 2.29. The SMILES string of the molecule is COC(=O)c1ccc(Cl)cc1S(=O)(=O)NC(C)(C)CN.Cl. The second-order valence-corrected chi connectivity index (χ2v) is 6.91. The number of nitrogens with one attached hydrogen (secondary N) is 1. The van der Waals surface area contributed by atoms with Gasteiger partial charge in [0.1, 0.15) is 0 Å².